The number of aliphatic hydroxyl groups excluding tert-OH is 1. The zero-order valence-corrected chi connectivity index (χ0v) is 14.5. The summed E-state index contributed by atoms with van der Waals surface area (Å²) in [5.41, 5.74) is 2.33. The van der Waals surface area contributed by atoms with Gasteiger partial charge in [0.25, 0.3) is 0 Å². The zero-order chi connectivity index (χ0) is 16.2. The van der Waals surface area contributed by atoms with Gasteiger partial charge in [-0.1, -0.05) is 65.7 Å². The SMILES string of the molecule is O[C@H]1C(Cc2cccc(Cl)c2Cl)CCN1CCc1ccccc1. The first-order chi connectivity index (χ1) is 11.1. The molecule has 2 aromatic rings. The summed E-state index contributed by atoms with van der Waals surface area (Å²) >= 11 is 12.3. The molecule has 2 aromatic carbocycles. The van der Waals surface area contributed by atoms with Crippen molar-refractivity contribution in [3.05, 3.63) is 69.7 Å². The topological polar surface area (TPSA) is 23.5 Å². The van der Waals surface area contributed by atoms with Gasteiger partial charge >= 0.3 is 0 Å². The molecule has 122 valence electrons. The lowest BCUT2D eigenvalue weighted by atomic mass is 9.97. The molecule has 0 bridgehead atoms. The lowest BCUT2D eigenvalue weighted by molar-refractivity contribution is 0.00861. The van der Waals surface area contributed by atoms with E-state index in [1.165, 1.54) is 5.56 Å². The quantitative estimate of drug-likeness (QED) is 0.863. The van der Waals surface area contributed by atoms with Crippen LogP contribution in [0.3, 0.4) is 0 Å². The van der Waals surface area contributed by atoms with Crippen LogP contribution in [0.5, 0.6) is 0 Å². The Hall–Kier alpha value is -1.06. The van der Waals surface area contributed by atoms with E-state index in [1.54, 1.807) is 6.07 Å². The summed E-state index contributed by atoms with van der Waals surface area (Å²) in [4.78, 5) is 2.16. The summed E-state index contributed by atoms with van der Waals surface area (Å²) < 4.78 is 0. The molecular formula is C19H21Cl2NO. The monoisotopic (exact) mass is 349 g/mol. The molecule has 1 aliphatic rings. The molecule has 23 heavy (non-hydrogen) atoms. The number of benzene rings is 2. The van der Waals surface area contributed by atoms with Crippen molar-refractivity contribution in [3.63, 3.8) is 0 Å². The molecule has 0 spiro atoms. The van der Waals surface area contributed by atoms with Gasteiger partial charge in [-0.05, 0) is 36.5 Å². The first kappa shape index (κ1) is 16.8. The van der Waals surface area contributed by atoms with E-state index in [4.69, 9.17) is 23.2 Å². The number of rotatable bonds is 5. The van der Waals surface area contributed by atoms with Crippen molar-refractivity contribution < 1.29 is 5.11 Å². The number of hydrogen-bond donors (Lipinski definition) is 1. The second-order valence-corrected chi connectivity index (χ2v) is 6.94. The third-order valence-electron chi connectivity index (χ3n) is 4.63. The van der Waals surface area contributed by atoms with Crippen LogP contribution in [0, 0.1) is 5.92 Å². The van der Waals surface area contributed by atoms with Crippen LogP contribution >= 0.6 is 23.2 Å². The number of halogens is 2. The Morgan fingerprint density at radius 2 is 1.83 bits per heavy atom. The standard InChI is InChI=1S/C19H21Cl2NO/c20-17-8-4-7-15(18(17)21)13-16-10-12-22(19(16)23)11-9-14-5-2-1-3-6-14/h1-8,16,19,23H,9-13H2/t16?,19-/m0/s1. The van der Waals surface area contributed by atoms with E-state index in [0.29, 0.717) is 10.0 Å². The van der Waals surface area contributed by atoms with Gasteiger partial charge in [0.2, 0.25) is 0 Å². The van der Waals surface area contributed by atoms with Crippen molar-refractivity contribution in [2.75, 3.05) is 13.1 Å². The second-order valence-electron chi connectivity index (χ2n) is 6.15. The van der Waals surface area contributed by atoms with Gasteiger partial charge in [-0.25, -0.2) is 0 Å². The molecule has 0 amide bonds. The number of nitrogens with zero attached hydrogens (tertiary/aromatic N) is 1. The van der Waals surface area contributed by atoms with Crippen molar-refractivity contribution in [1.82, 2.24) is 4.90 Å². The maximum absolute atomic E-state index is 10.6. The van der Waals surface area contributed by atoms with Gasteiger partial charge in [0.15, 0.2) is 0 Å². The Balaban J connectivity index is 1.58. The maximum Gasteiger partial charge on any atom is 0.110 e. The summed E-state index contributed by atoms with van der Waals surface area (Å²) in [5, 5.41) is 11.8. The number of aliphatic hydroxyl groups is 1. The molecule has 3 rings (SSSR count). The van der Waals surface area contributed by atoms with Crippen LogP contribution in [0.2, 0.25) is 10.0 Å². The molecule has 1 fully saturated rings. The molecule has 1 N–H and O–H groups in total. The van der Waals surface area contributed by atoms with Crippen molar-refractivity contribution in [2.24, 2.45) is 5.92 Å². The van der Waals surface area contributed by atoms with Crippen molar-refractivity contribution in [2.45, 2.75) is 25.5 Å². The number of likely N-dealkylation sites (tertiary alicyclic amines) is 1. The van der Waals surface area contributed by atoms with Crippen molar-refractivity contribution in [1.29, 1.82) is 0 Å². The minimum Gasteiger partial charge on any atom is -0.378 e. The van der Waals surface area contributed by atoms with Crippen LogP contribution in [0.15, 0.2) is 48.5 Å². The molecule has 1 aliphatic heterocycles. The molecule has 2 atom stereocenters. The van der Waals surface area contributed by atoms with Gasteiger partial charge in [0.05, 0.1) is 10.0 Å². The van der Waals surface area contributed by atoms with Crippen LogP contribution in [0.1, 0.15) is 17.5 Å². The van der Waals surface area contributed by atoms with Gasteiger partial charge in [0, 0.05) is 19.0 Å². The third kappa shape index (κ3) is 4.07. The molecule has 2 nitrogen and oxygen atoms in total. The van der Waals surface area contributed by atoms with Crippen LogP contribution in [-0.2, 0) is 12.8 Å². The van der Waals surface area contributed by atoms with E-state index >= 15 is 0 Å². The highest BCUT2D eigenvalue weighted by Gasteiger charge is 2.32. The summed E-state index contributed by atoms with van der Waals surface area (Å²) in [6.07, 6.45) is 2.30. The normalized spacial score (nSPS) is 21.7. The Kier molecular flexibility index (Phi) is 5.60. The average Bonchev–Trinajstić information content (AvgIpc) is 2.91. The first-order valence-corrected chi connectivity index (χ1v) is 8.79. The molecule has 0 aliphatic carbocycles. The molecule has 1 saturated heterocycles. The second kappa shape index (κ2) is 7.67. The fraction of sp³-hybridized carbons (Fsp3) is 0.368. The highest BCUT2D eigenvalue weighted by Crippen LogP contribution is 2.32. The fourth-order valence-corrected chi connectivity index (χ4v) is 3.67. The van der Waals surface area contributed by atoms with Gasteiger partial charge in [-0.2, -0.15) is 0 Å². The average molecular weight is 350 g/mol. The van der Waals surface area contributed by atoms with E-state index in [0.717, 1.165) is 37.9 Å². The highest BCUT2D eigenvalue weighted by atomic mass is 35.5. The Morgan fingerprint density at radius 1 is 1.04 bits per heavy atom. The molecular weight excluding hydrogens is 329 g/mol. The van der Waals surface area contributed by atoms with E-state index in [1.807, 2.05) is 18.2 Å². The fourth-order valence-electron chi connectivity index (χ4n) is 3.27. The third-order valence-corrected chi connectivity index (χ3v) is 5.49. The van der Waals surface area contributed by atoms with Gasteiger partial charge < -0.3 is 5.11 Å². The number of hydrogen-bond acceptors (Lipinski definition) is 2. The van der Waals surface area contributed by atoms with Gasteiger partial charge in [-0.15, -0.1) is 0 Å². The van der Waals surface area contributed by atoms with E-state index in [9.17, 15) is 5.11 Å². The van der Waals surface area contributed by atoms with Crippen molar-refractivity contribution in [3.8, 4) is 0 Å². The van der Waals surface area contributed by atoms with Gasteiger partial charge in [-0.3, -0.25) is 4.90 Å². The Bertz CT molecular complexity index is 647. The molecule has 0 radical (unpaired) electrons. The van der Waals surface area contributed by atoms with E-state index < -0.39 is 6.23 Å². The largest absolute Gasteiger partial charge is 0.378 e. The van der Waals surface area contributed by atoms with Crippen LogP contribution < -0.4 is 0 Å². The van der Waals surface area contributed by atoms with Crippen LogP contribution in [0.4, 0.5) is 0 Å². The predicted molar refractivity (Wildman–Crippen MR) is 96.0 cm³/mol. The van der Waals surface area contributed by atoms with Crippen molar-refractivity contribution >= 4 is 23.2 Å². The predicted octanol–water partition coefficient (Wildman–Crippen LogP) is 4.42. The molecule has 1 unspecified atom stereocenters. The lowest BCUT2D eigenvalue weighted by Gasteiger charge is -2.23. The Labute approximate surface area is 147 Å². The maximum atomic E-state index is 10.6. The lowest BCUT2D eigenvalue weighted by Crippen LogP contribution is -2.34. The zero-order valence-electron chi connectivity index (χ0n) is 13.0. The minimum atomic E-state index is -0.409. The molecule has 0 saturated carbocycles. The smallest absolute Gasteiger partial charge is 0.110 e. The summed E-state index contributed by atoms with van der Waals surface area (Å²) in [6.45, 7) is 1.81. The minimum absolute atomic E-state index is 0.210. The van der Waals surface area contributed by atoms with E-state index in [2.05, 4.69) is 29.2 Å². The molecule has 0 aromatic heterocycles. The summed E-state index contributed by atoms with van der Waals surface area (Å²) in [5.74, 6) is 0.210. The van der Waals surface area contributed by atoms with E-state index in [-0.39, 0.29) is 5.92 Å². The molecule has 4 heteroatoms. The van der Waals surface area contributed by atoms with Crippen LogP contribution in [-0.4, -0.2) is 29.3 Å². The summed E-state index contributed by atoms with van der Waals surface area (Å²) in [7, 11) is 0. The highest BCUT2D eigenvalue weighted by molar-refractivity contribution is 6.42. The van der Waals surface area contributed by atoms with Gasteiger partial charge in [0.1, 0.15) is 6.23 Å². The molecule has 1 heterocycles. The van der Waals surface area contributed by atoms with Crippen LogP contribution in [0.25, 0.3) is 0 Å². The summed E-state index contributed by atoms with van der Waals surface area (Å²) in [6, 6.07) is 16.1. The first-order valence-electron chi connectivity index (χ1n) is 8.04. The Morgan fingerprint density at radius 3 is 2.61 bits per heavy atom.